The van der Waals surface area contributed by atoms with Crippen LogP contribution in [0.25, 0.3) is 10.9 Å². The Balaban J connectivity index is 2.53. The van der Waals surface area contributed by atoms with Crippen LogP contribution in [0.15, 0.2) is 29.1 Å². The van der Waals surface area contributed by atoms with E-state index in [1.165, 1.54) is 11.8 Å². The fourth-order valence-electron chi connectivity index (χ4n) is 1.59. The van der Waals surface area contributed by atoms with Crippen molar-refractivity contribution in [3.63, 3.8) is 0 Å². The molecular formula is C12H13N3O3. The number of nitrogens with zero attached hydrogens (tertiary/aromatic N) is 2. The van der Waals surface area contributed by atoms with E-state index in [4.69, 9.17) is 5.11 Å². The second-order valence-electron chi connectivity index (χ2n) is 4.03. The third-order valence-corrected chi connectivity index (χ3v) is 2.87. The fraction of sp³-hybridized carbons (Fsp3) is 0.250. The summed E-state index contributed by atoms with van der Waals surface area (Å²) in [5.41, 5.74) is 0.265. The standard InChI is InChI=1S/C12H13N3O3/c1-7(11(17)18)15(2)12-13-9-6-4-3-5-8(9)10(16)14-12/h3-7H,1-2H3,(H,17,18)(H,13,14,16). The minimum Gasteiger partial charge on any atom is -0.480 e. The van der Waals surface area contributed by atoms with Gasteiger partial charge in [0.25, 0.3) is 5.56 Å². The maximum absolute atomic E-state index is 11.8. The zero-order chi connectivity index (χ0) is 13.3. The Hall–Kier alpha value is -2.37. The number of hydrogen-bond donors (Lipinski definition) is 2. The molecule has 0 aliphatic heterocycles. The summed E-state index contributed by atoms with van der Waals surface area (Å²) in [5.74, 6) is -0.734. The second kappa shape index (κ2) is 4.48. The van der Waals surface area contributed by atoms with Crippen LogP contribution in [0.4, 0.5) is 5.95 Å². The first-order valence-electron chi connectivity index (χ1n) is 5.45. The van der Waals surface area contributed by atoms with Crippen molar-refractivity contribution >= 4 is 22.8 Å². The summed E-state index contributed by atoms with van der Waals surface area (Å²) in [4.78, 5) is 31.0. The van der Waals surface area contributed by atoms with Gasteiger partial charge >= 0.3 is 5.97 Å². The summed E-state index contributed by atoms with van der Waals surface area (Å²) in [6, 6.07) is 6.15. The average molecular weight is 247 g/mol. The zero-order valence-corrected chi connectivity index (χ0v) is 10.0. The van der Waals surface area contributed by atoms with Crippen LogP contribution in [0.1, 0.15) is 6.92 Å². The van der Waals surface area contributed by atoms with Crippen LogP contribution in [-0.2, 0) is 4.79 Å². The van der Waals surface area contributed by atoms with E-state index in [1.807, 2.05) is 0 Å². The third-order valence-electron chi connectivity index (χ3n) is 2.87. The van der Waals surface area contributed by atoms with E-state index >= 15 is 0 Å². The van der Waals surface area contributed by atoms with Gasteiger partial charge in [-0.05, 0) is 19.1 Å². The second-order valence-corrected chi connectivity index (χ2v) is 4.03. The van der Waals surface area contributed by atoms with Crippen LogP contribution in [0.2, 0.25) is 0 Å². The molecule has 1 atom stereocenters. The first-order valence-corrected chi connectivity index (χ1v) is 5.45. The van der Waals surface area contributed by atoms with Crippen molar-refractivity contribution in [2.24, 2.45) is 0 Å². The highest BCUT2D eigenvalue weighted by Crippen LogP contribution is 2.12. The molecule has 94 valence electrons. The number of aliphatic carboxylic acids is 1. The summed E-state index contributed by atoms with van der Waals surface area (Å²) < 4.78 is 0. The highest BCUT2D eigenvalue weighted by molar-refractivity contribution is 5.80. The van der Waals surface area contributed by atoms with Crippen molar-refractivity contribution in [2.45, 2.75) is 13.0 Å². The lowest BCUT2D eigenvalue weighted by molar-refractivity contribution is -0.138. The Morgan fingerprint density at radius 2 is 2.11 bits per heavy atom. The van der Waals surface area contributed by atoms with Gasteiger partial charge in [-0.25, -0.2) is 9.78 Å². The Kier molecular flexibility index (Phi) is 3.01. The van der Waals surface area contributed by atoms with Crippen molar-refractivity contribution in [1.29, 1.82) is 0 Å². The molecule has 0 spiro atoms. The van der Waals surface area contributed by atoms with Crippen molar-refractivity contribution in [3.8, 4) is 0 Å². The van der Waals surface area contributed by atoms with Gasteiger partial charge in [-0.1, -0.05) is 12.1 Å². The van der Waals surface area contributed by atoms with Crippen LogP contribution >= 0.6 is 0 Å². The number of para-hydroxylation sites is 1. The van der Waals surface area contributed by atoms with E-state index in [0.717, 1.165) is 0 Å². The third kappa shape index (κ3) is 2.04. The molecule has 0 aliphatic carbocycles. The molecule has 0 aliphatic rings. The molecule has 0 fully saturated rings. The van der Waals surface area contributed by atoms with Gasteiger partial charge in [-0.3, -0.25) is 9.78 Å². The predicted octanol–water partition coefficient (Wildman–Crippen LogP) is 0.832. The summed E-state index contributed by atoms with van der Waals surface area (Å²) in [7, 11) is 1.58. The smallest absolute Gasteiger partial charge is 0.326 e. The molecule has 6 nitrogen and oxygen atoms in total. The number of benzene rings is 1. The van der Waals surface area contributed by atoms with Gasteiger partial charge in [-0.15, -0.1) is 0 Å². The minimum absolute atomic E-state index is 0.244. The van der Waals surface area contributed by atoms with Gasteiger partial charge in [0.05, 0.1) is 10.9 Å². The van der Waals surface area contributed by atoms with Crippen LogP contribution < -0.4 is 10.5 Å². The van der Waals surface area contributed by atoms with Crippen molar-refractivity contribution in [1.82, 2.24) is 9.97 Å². The fourth-order valence-corrected chi connectivity index (χ4v) is 1.59. The molecule has 0 saturated carbocycles. The number of rotatable bonds is 3. The number of aromatic nitrogens is 2. The summed E-state index contributed by atoms with van der Waals surface area (Å²) >= 11 is 0. The quantitative estimate of drug-likeness (QED) is 0.839. The number of H-pyrrole nitrogens is 1. The minimum atomic E-state index is -0.978. The van der Waals surface area contributed by atoms with Gasteiger partial charge in [-0.2, -0.15) is 0 Å². The molecule has 0 amide bonds. The number of carbonyl (C=O) groups is 1. The number of carboxylic acids is 1. The Labute approximate surface area is 103 Å². The Morgan fingerprint density at radius 3 is 2.78 bits per heavy atom. The number of anilines is 1. The molecule has 2 N–H and O–H groups in total. The number of hydrogen-bond acceptors (Lipinski definition) is 4. The SMILES string of the molecule is CC(C(=O)O)N(C)c1nc2ccccc2c(=O)[nH]1. The van der Waals surface area contributed by atoms with E-state index in [1.54, 1.807) is 31.3 Å². The lowest BCUT2D eigenvalue weighted by Crippen LogP contribution is -2.37. The van der Waals surface area contributed by atoms with E-state index in [0.29, 0.717) is 10.9 Å². The van der Waals surface area contributed by atoms with Gasteiger partial charge in [0.15, 0.2) is 0 Å². The highest BCUT2D eigenvalue weighted by Gasteiger charge is 2.19. The van der Waals surface area contributed by atoms with Crippen molar-refractivity contribution in [3.05, 3.63) is 34.6 Å². The zero-order valence-electron chi connectivity index (χ0n) is 10.0. The summed E-state index contributed by atoms with van der Waals surface area (Å²) in [5, 5.41) is 9.42. The monoisotopic (exact) mass is 247 g/mol. The maximum atomic E-state index is 11.8. The Bertz CT molecular complexity index is 650. The average Bonchev–Trinajstić information content (AvgIpc) is 2.36. The number of fused-ring (bicyclic) bond motifs is 1. The number of carboxylic acid groups (broad SMARTS) is 1. The Morgan fingerprint density at radius 1 is 1.44 bits per heavy atom. The van der Waals surface area contributed by atoms with E-state index in [9.17, 15) is 9.59 Å². The number of nitrogens with one attached hydrogen (secondary N) is 1. The molecule has 1 aromatic heterocycles. The molecule has 0 saturated heterocycles. The van der Waals surface area contributed by atoms with Gasteiger partial charge in [0.2, 0.25) is 5.95 Å². The molecule has 18 heavy (non-hydrogen) atoms. The molecule has 2 rings (SSSR count). The maximum Gasteiger partial charge on any atom is 0.326 e. The molecular weight excluding hydrogens is 234 g/mol. The van der Waals surface area contributed by atoms with E-state index in [-0.39, 0.29) is 11.5 Å². The van der Waals surface area contributed by atoms with E-state index < -0.39 is 12.0 Å². The molecule has 1 heterocycles. The molecule has 0 bridgehead atoms. The topological polar surface area (TPSA) is 86.3 Å². The first-order chi connectivity index (χ1) is 8.50. The van der Waals surface area contributed by atoms with Crippen molar-refractivity contribution in [2.75, 3.05) is 11.9 Å². The summed E-state index contributed by atoms with van der Waals surface area (Å²) in [6.45, 7) is 1.53. The number of likely N-dealkylation sites (N-methyl/N-ethyl adjacent to an activating group) is 1. The van der Waals surface area contributed by atoms with Crippen LogP contribution in [-0.4, -0.2) is 34.1 Å². The van der Waals surface area contributed by atoms with Crippen LogP contribution in [0.5, 0.6) is 0 Å². The molecule has 1 aromatic carbocycles. The first kappa shape index (κ1) is 12.1. The number of aromatic amines is 1. The largest absolute Gasteiger partial charge is 0.480 e. The lowest BCUT2D eigenvalue weighted by Gasteiger charge is -2.21. The molecule has 1 unspecified atom stereocenters. The molecule has 6 heteroatoms. The molecule has 0 radical (unpaired) electrons. The van der Waals surface area contributed by atoms with Gasteiger partial charge in [0, 0.05) is 7.05 Å². The highest BCUT2D eigenvalue weighted by atomic mass is 16.4. The van der Waals surface area contributed by atoms with Gasteiger partial charge in [0.1, 0.15) is 6.04 Å². The van der Waals surface area contributed by atoms with Crippen molar-refractivity contribution < 1.29 is 9.90 Å². The van der Waals surface area contributed by atoms with Crippen LogP contribution in [0.3, 0.4) is 0 Å². The lowest BCUT2D eigenvalue weighted by atomic mass is 10.2. The predicted molar refractivity (Wildman–Crippen MR) is 67.9 cm³/mol. The van der Waals surface area contributed by atoms with Crippen LogP contribution in [0, 0.1) is 0 Å². The van der Waals surface area contributed by atoms with Gasteiger partial charge < -0.3 is 10.0 Å². The molecule has 2 aromatic rings. The van der Waals surface area contributed by atoms with E-state index in [2.05, 4.69) is 9.97 Å². The normalized spacial score (nSPS) is 12.3. The summed E-state index contributed by atoms with van der Waals surface area (Å²) in [6.07, 6.45) is 0.